The second-order valence-electron chi connectivity index (χ2n) is 5.11. The van der Waals surface area contributed by atoms with Gasteiger partial charge in [0.2, 0.25) is 0 Å². The summed E-state index contributed by atoms with van der Waals surface area (Å²) < 4.78 is 1.82. The lowest BCUT2D eigenvalue weighted by atomic mass is 10.2. The van der Waals surface area contributed by atoms with E-state index in [-0.39, 0.29) is 12.1 Å². The van der Waals surface area contributed by atoms with Crippen LogP contribution in [0.4, 0.5) is 10.5 Å². The van der Waals surface area contributed by atoms with Gasteiger partial charge in [-0.05, 0) is 31.0 Å². The Labute approximate surface area is 118 Å². The molecule has 20 heavy (non-hydrogen) atoms. The number of amides is 2. The van der Waals surface area contributed by atoms with Gasteiger partial charge < -0.3 is 5.32 Å². The molecule has 5 heteroatoms. The highest BCUT2D eigenvalue weighted by Crippen LogP contribution is 2.27. The number of rotatable bonds is 3. The minimum atomic E-state index is -0.0328. The third kappa shape index (κ3) is 2.52. The molecule has 1 aromatic heterocycles. The Balaban J connectivity index is 1.63. The summed E-state index contributed by atoms with van der Waals surface area (Å²) in [5, 5.41) is 7.18. The lowest BCUT2D eigenvalue weighted by molar-refractivity contribution is 0.242. The van der Waals surface area contributed by atoms with E-state index in [1.807, 2.05) is 47.0 Å². The minimum Gasteiger partial charge on any atom is -0.333 e. The van der Waals surface area contributed by atoms with Crippen LogP contribution in [-0.2, 0) is 13.0 Å². The average Bonchev–Trinajstić information content (AvgIpc) is 3.07. The highest BCUT2D eigenvalue weighted by molar-refractivity contribution is 5.94. The first kappa shape index (κ1) is 12.7. The number of hydrogen-bond donors (Lipinski definition) is 1. The molecule has 2 heterocycles. The van der Waals surface area contributed by atoms with Gasteiger partial charge in [-0.15, -0.1) is 0 Å². The van der Waals surface area contributed by atoms with Crippen LogP contribution in [0.2, 0.25) is 0 Å². The number of urea groups is 1. The zero-order valence-corrected chi connectivity index (χ0v) is 11.5. The Bertz CT molecular complexity index is 594. The van der Waals surface area contributed by atoms with Crippen LogP contribution < -0.4 is 10.2 Å². The van der Waals surface area contributed by atoms with Crippen molar-refractivity contribution in [3.8, 4) is 0 Å². The number of aromatic nitrogens is 2. The number of nitrogens with zero attached hydrogens (tertiary/aromatic N) is 3. The fourth-order valence-electron chi connectivity index (χ4n) is 2.57. The van der Waals surface area contributed by atoms with Gasteiger partial charge in [0.05, 0.1) is 6.54 Å². The number of nitrogens with one attached hydrogen (secondary N) is 1. The molecule has 0 saturated heterocycles. The van der Waals surface area contributed by atoms with Crippen molar-refractivity contribution < 1.29 is 4.79 Å². The van der Waals surface area contributed by atoms with E-state index >= 15 is 0 Å². The largest absolute Gasteiger partial charge is 0.333 e. The van der Waals surface area contributed by atoms with Gasteiger partial charge in [-0.1, -0.05) is 18.2 Å². The second kappa shape index (κ2) is 5.36. The number of benzene rings is 1. The summed E-state index contributed by atoms with van der Waals surface area (Å²) in [6.45, 7) is 3.41. The quantitative estimate of drug-likeness (QED) is 0.928. The van der Waals surface area contributed by atoms with Gasteiger partial charge in [0.25, 0.3) is 0 Å². The van der Waals surface area contributed by atoms with Crippen LogP contribution in [0.3, 0.4) is 0 Å². The third-order valence-electron chi connectivity index (χ3n) is 3.52. The van der Waals surface area contributed by atoms with Crippen LogP contribution in [-0.4, -0.2) is 28.4 Å². The first-order chi connectivity index (χ1) is 9.74. The van der Waals surface area contributed by atoms with E-state index in [9.17, 15) is 4.79 Å². The van der Waals surface area contributed by atoms with Crippen molar-refractivity contribution in [1.29, 1.82) is 0 Å². The maximum atomic E-state index is 12.3. The number of hydrogen-bond acceptors (Lipinski definition) is 2. The predicted octanol–water partition coefficient (Wildman–Crippen LogP) is 2.04. The van der Waals surface area contributed by atoms with E-state index in [4.69, 9.17) is 0 Å². The molecule has 0 radical (unpaired) electrons. The molecule has 104 valence electrons. The third-order valence-corrected chi connectivity index (χ3v) is 3.52. The van der Waals surface area contributed by atoms with Crippen LogP contribution in [0.1, 0.15) is 12.5 Å². The molecule has 0 saturated carbocycles. The van der Waals surface area contributed by atoms with Crippen molar-refractivity contribution >= 4 is 11.7 Å². The Morgan fingerprint density at radius 3 is 3.05 bits per heavy atom. The van der Waals surface area contributed by atoms with Gasteiger partial charge >= 0.3 is 6.03 Å². The van der Waals surface area contributed by atoms with Crippen molar-refractivity contribution in [1.82, 2.24) is 15.1 Å². The number of fused-ring (bicyclic) bond motifs is 1. The molecule has 5 nitrogen and oxygen atoms in total. The smallest absolute Gasteiger partial charge is 0.322 e. The van der Waals surface area contributed by atoms with E-state index in [0.29, 0.717) is 6.54 Å². The summed E-state index contributed by atoms with van der Waals surface area (Å²) in [4.78, 5) is 14.1. The monoisotopic (exact) mass is 270 g/mol. The Morgan fingerprint density at radius 1 is 1.40 bits per heavy atom. The number of carbonyl (C=O) groups is 1. The molecular formula is C15H18N4O. The van der Waals surface area contributed by atoms with Crippen LogP contribution in [0.5, 0.6) is 0 Å². The van der Waals surface area contributed by atoms with E-state index in [2.05, 4.69) is 16.5 Å². The summed E-state index contributed by atoms with van der Waals surface area (Å²) in [6.07, 6.45) is 4.57. The highest BCUT2D eigenvalue weighted by atomic mass is 16.2. The molecule has 2 amide bonds. The highest BCUT2D eigenvalue weighted by Gasteiger charge is 2.24. The maximum absolute atomic E-state index is 12.3. The normalized spacial score (nSPS) is 14.9. The fourth-order valence-corrected chi connectivity index (χ4v) is 2.57. The lowest BCUT2D eigenvalue weighted by Gasteiger charge is -2.21. The molecule has 0 unspecified atom stereocenters. The molecule has 2 aromatic rings. The average molecular weight is 270 g/mol. The zero-order valence-electron chi connectivity index (χ0n) is 11.5. The van der Waals surface area contributed by atoms with E-state index in [1.165, 1.54) is 5.56 Å². The number of anilines is 1. The van der Waals surface area contributed by atoms with Crippen LogP contribution >= 0.6 is 0 Å². The van der Waals surface area contributed by atoms with Crippen molar-refractivity contribution in [3.63, 3.8) is 0 Å². The Hall–Kier alpha value is -2.30. The molecule has 0 fully saturated rings. The first-order valence-electron chi connectivity index (χ1n) is 6.87. The molecular weight excluding hydrogens is 252 g/mol. The second-order valence-corrected chi connectivity index (χ2v) is 5.11. The van der Waals surface area contributed by atoms with E-state index < -0.39 is 0 Å². The molecule has 3 rings (SSSR count). The zero-order chi connectivity index (χ0) is 13.9. The number of para-hydroxylation sites is 1. The van der Waals surface area contributed by atoms with Crippen LogP contribution in [0, 0.1) is 0 Å². The lowest BCUT2D eigenvalue weighted by Crippen LogP contribution is -2.44. The Morgan fingerprint density at radius 2 is 2.25 bits per heavy atom. The van der Waals surface area contributed by atoms with Gasteiger partial charge in [0.1, 0.15) is 0 Å². The SMILES string of the molecule is C[C@H](Cn1cccn1)NC(=O)N1CCc2ccccc21. The topological polar surface area (TPSA) is 50.2 Å². The molecule has 1 aliphatic heterocycles. The molecule has 0 bridgehead atoms. The number of carbonyl (C=O) groups excluding carboxylic acids is 1. The molecule has 1 atom stereocenters. The van der Waals surface area contributed by atoms with Gasteiger partial charge in [-0.2, -0.15) is 5.10 Å². The Kier molecular flexibility index (Phi) is 3.41. The molecule has 1 N–H and O–H groups in total. The summed E-state index contributed by atoms with van der Waals surface area (Å²) in [7, 11) is 0. The molecule has 1 aliphatic rings. The summed E-state index contributed by atoms with van der Waals surface area (Å²) in [5.41, 5.74) is 2.26. The van der Waals surface area contributed by atoms with E-state index in [1.54, 1.807) is 6.20 Å². The standard InChI is InChI=1S/C15H18N4O/c1-12(11-18-9-4-8-16-18)17-15(20)19-10-7-13-5-2-3-6-14(13)19/h2-6,8-9,12H,7,10-11H2,1H3,(H,17,20)/t12-/m1/s1. The van der Waals surface area contributed by atoms with Crippen molar-refractivity contribution in [3.05, 3.63) is 48.3 Å². The van der Waals surface area contributed by atoms with Crippen molar-refractivity contribution in [2.24, 2.45) is 0 Å². The van der Waals surface area contributed by atoms with Crippen molar-refractivity contribution in [2.45, 2.75) is 25.9 Å². The van der Waals surface area contributed by atoms with Gasteiger partial charge in [-0.3, -0.25) is 9.58 Å². The first-order valence-corrected chi connectivity index (χ1v) is 6.87. The van der Waals surface area contributed by atoms with Gasteiger partial charge in [0.15, 0.2) is 0 Å². The van der Waals surface area contributed by atoms with Crippen LogP contribution in [0.15, 0.2) is 42.7 Å². The summed E-state index contributed by atoms with van der Waals surface area (Å²) in [5.74, 6) is 0. The maximum Gasteiger partial charge on any atom is 0.322 e. The van der Waals surface area contributed by atoms with Gasteiger partial charge in [0, 0.05) is 30.7 Å². The molecule has 0 spiro atoms. The van der Waals surface area contributed by atoms with Gasteiger partial charge in [-0.25, -0.2) is 4.79 Å². The van der Waals surface area contributed by atoms with E-state index in [0.717, 1.165) is 18.7 Å². The molecule has 0 aliphatic carbocycles. The van der Waals surface area contributed by atoms with Crippen LogP contribution in [0.25, 0.3) is 0 Å². The molecule has 1 aromatic carbocycles. The predicted molar refractivity (Wildman–Crippen MR) is 77.7 cm³/mol. The summed E-state index contributed by atoms with van der Waals surface area (Å²) in [6, 6.07) is 9.95. The fraction of sp³-hybridized carbons (Fsp3) is 0.333. The van der Waals surface area contributed by atoms with Crippen molar-refractivity contribution in [2.75, 3.05) is 11.4 Å². The summed E-state index contributed by atoms with van der Waals surface area (Å²) >= 11 is 0. The minimum absolute atomic E-state index is 0.0328.